The lowest BCUT2D eigenvalue weighted by atomic mass is 10.1. The molecule has 3 heteroatoms. The monoisotopic (exact) mass is 222 g/mol. The molecule has 1 atom stereocenters. The van der Waals surface area contributed by atoms with Gasteiger partial charge in [-0.25, -0.2) is 0 Å². The van der Waals surface area contributed by atoms with Gasteiger partial charge in [0.15, 0.2) is 0 Å². The Bertz CT molecular complexity index is 337. The highest BCUT2D eigenvalue weighted by Crippen LogP contribution is 2.17. The van der Waals surface area contributed by atoms with Crippen LogP contribution < -0.4 is 5.32 Å². The van der Waals surface area contributed by atoms with Gasteiger partial charge in [-0.2, -0.15) is 0 Å². The van der Waals surface area contributed by atoms with Gasteiger partial charge in [-0.3, -0.25) is 0 Å². The van der Waals surface area contributed by atoms with Crippen molar-refractivity contribution >= 4 is 0 Å². The van der Waals surface area contributed by atoms with Crippen molar-refractivity contribution in [2.24, 2.45) is 0 Å². The Balaban J connectivity index is 2.45. The Morgan fingerprint density at radius 3 is 2.69 bits per heavy atom. The number of likely N-dealkylation sites (N-methyl/N-ethyl adjacent to an activating group) is 1. The van der Waals surface area contributed by atoms with Crippen LogP contribution in [0, 0.1) is 6.92 Å². The molecule has 0 aromatic heterocycles. The summed E-state index contributed by atoms with van der Waals surface area (Å²) in [6.45, 7) is 5.83. The highest BCUT2D eigenvalue weighted by molar-refractivity contribution is 5.35. The lowest BCUT2D eigenvalue weighted by Crippen LogP contribution is -2.35. The molecule has 2 N–H and O–H groups in total. The predicted molar refractivity (Wildman–Crippen MR) is 67.7 cm³/mol. The second kappa shape index (κ2) is 5.87. The standard InChI is InChI=1S/C13H22N2O/c1-10-5-6-13(16)12(7-10)9-14-8-11(2)15(3)4/h5-7,11,14,16H,8-9H2,1-4H3. The average molecular weight is 222 g/mol. The van der Waals surface area contributed by atoms with E-state index in [0.717, 1.165) is 12.1 Å². The van der Waals surface area contributed by atoms with Crippen LogP contribution in [0.5, 0.6) is 5.75 Å². The number of phenolic OH excluding ortho intramolecular Hbond substituents is 1. The summed E-state index contributed by atoms with van der Waals surface area (Å²) in [5.41, 5.74) is 2.14. The number of aryl methyl sites for hydroxylation is 1. The highest BCUT2D eigenvalue weighted by atomic mass is 16.3. The minimum atomic E-state index is 0.371. The number of aromatic hydroxyl groups is 1. The lowest BCUT2D eigenvalue weighted by Gasteiger charge is -2.20. The molecule has 0 bridgehead atoms. The molecule has 0 amide bonds. The minimum Gasteiger partial charge on any atom is -0.508 e. The molecule has 0 aliphatic heterocycles. The molecule has 1 aromatic carbocycles. The molecule has 0 heterocycles. The van der Waals surface area contributed by atoms with E-state index in [-0.39, 0.29) is 0 Å². The maximum Gasteiger partial charge on any atom is 0.120 e. The van der Waals surface area contributed by atoms with Crippen molar-refractivity contribution in [3.8, 4) is 5.75 Å². The third-order valence-electron chi connectivity index (χ3n) is 2.87. The highest BCUT2D eigenvalue weighted by Gasteiger charge is 2.05. The first-order chi connectivity index (χ1) is 7.50. The zero-order chi connectivity index (χ0) is 12.1. The van der Waals surface area contributed by atoms with Crippen molar-refractivity contribution in [3.63, 3.8) is 0 Å². The Morgan fingerprint density at radius 1 is 1.38 bits per heavy atom. The van der Waals surface area contributed by atoms with Gasteiger partial charge < -0.3 is 15.3 Å². The topological polar surface area (TPSA) is 35.5 Å². The van der Waals surface area contributed by atoms with Crippen LogP contribution in [-0.4, -0.2) is 36.7 Å². The summed E-state index contributed by atoms with van der Waals surface area (Å²) >= 11 is 0. The van der Waals surface area contributed by atoms with E-state index in [4.69, 9.17) is 0 Å². The van der Waals surface area contributed by atoms with Gasteiger partial charge in [0.25, 0.3) is 0 Å². The number of phenols is 1. The first-order valence-corrected chi connectivity index (χ1v) is 5.66. The van der Waals surface area contributed by atoms with Crippen molar-refractivity contribution in [3.05, 3.63) is 29.3 Å². The van der Waals surface area contributed by atoms with Crippen LogP contribution in [0.25, 0.3) is 0 Å². The van der Waals surface area contributed by atoms with Crippen LogP contribution in [0.3, 0.4) is 0 Å². The van der Waals surface area contributed by atoms with Crippen molar-refractivity contribution in [2.45, 2.75) is 26.4 Å². The molecule has 0 saturated carbocycles. The number of benzene rings is 1. The lowest BCUT2D eigenvalue weighted by molar-refractivity contribution is 0.302. The number of hydrogen-bond donors (Lipinski definition) is 2. The molecule has 0 saturated heterocycles. The molecule has 3 nitrogen and oxygen atoms in total. The Hall–Kier alpha value is -1.06. The molecule has 1 rings (SSSR count). The Morgan fingerprint density at radius 2 is 2.06 bits per heavy atom. The summed E-state index contributed by atoms with van der Waals surface area (Å²) in [5.74, 6) is 0.371. The van der Waals surface area contributed by atoms with Gasteiger partial charge in [-0.15, -0.1) is 0 Å². The summed E-state index contributed by atoms with van der Waals surface area (Å²) < 4.78 is 0. The van der Waals surface area contributed by atoms with E-state index in [1.807, 2.05) is 19.1 Å². The molecule has 0 fully saturated rings. The van der Waals surface area contributed by atoms with Gasteiger partial charge in [-0.1, -0.05) is 17.7 Å². The molecule has 16 heavy (non-hydrogen) atoms. The van der Waals surface area contributed by atoms with Crippen LogP contribution >= 0.6 is 0 Å². The molecular formula is C13H22N2O. The SMILES string of the molecule is Cc1ccc(O)c(CNCC(C)N(C)C)c1. The molecule has 1 unspecified atom stereocenters. The zero-order valence-electron chi connectivity index (χ0n) is 10.6. The summed E-state index contributed by atoms with van der Waals surface area (Å²) in [6, 6.07) is 6.18. The molecular weight excluding hydrogens is 200 g/mol. The van der Waals surface area contributed by atoms with E-state index in [0.29, 0.717) is 18.3 Å². The fourth-order valence-corrected chi connectivity index (χ4v) is 1.45. The van der Waals surface area contributed by atoms with Crippen LogP contribution in [0.1, 0.15) is 18.1 Å². The van der Waals surface area contributed by atoms with E-state index in [1.54, 1.807) is 6.07 Å². The van der Waals surface area contributed by atoms with Gasteiger partial charge in [0.05, 0.1) is 0 Å². The largest absolute Gasteiger partial charge is 0.508 e. The number of nitrogens with one attached hydrogen (secondary N) is 1. The normalized spacial score (nSPS) is 13.1. The number of rotatable bonds is 5. The van der Waals surface area contributed by atoms with Crippen molar-refractivity contribution in [2.75, 3.05) is 20.6 Å². The molecule has 0 spiro atoms. The maximum absolute atomic E-state index is 9.66. The van der Waals surface area contributed by atoms with Crippen molar-refractivity contribution in [1.29, 1.82) is 0 Å². The predicted octanol–water partition coefficient (Wildman–Crippen LogP) is 1.74. The third kappa shape index (κ3) is 3.83. The fraction of sp³-hybridized carbons (Fsp3) is 0.538. The van der Waals surface area contributed by atoms with E-state index in [2.05, 4.69) is 31.2 Å². The summed E-state index contributed by atoms with van der Waals surface area (Å²) in [4.78, 5) is 2.17. The molecule has 0 radical (unpaired) electrons. The van der Waals surface area contributed by atoms with E-state index in [1.165, 1.54) is 5.56 Å². The van der Waals surface area contributed by atoms with Crippen molar-refractivity contribution < 1.29 is 5.11 Å². The number of hydrogen-bond acceptors (Lipinski definition) is 3. The Labute approximate surface area is 98.1 Å². The smallest absolute Gasteiger partial charge is 0.120 e. The summed E-state index contributed by atoms with van der Waals surface area (Å²) in [5, 5.41) is 13.0. The molecule has 0 aliphatic rings. The first-order valence-electron chi connectivity index (χ1n) is 5.66. The molecule has 0 aliphatic carbocycles. The van der Waals surface area contributed by atoms with Gasteiger partial charge in [0.2, 0.25) is 0 Å². The quantitative estimate of drug-likeness (QED) is 0.796. The second-order valence-electron chi connectivity index (χ2n) is 4.58. The zero-order valence-corrected chi connectivity index (χ0v) is 10.6. The van der Waals surface area contributed by atoms with Crippen LogP contribution in [0.2, 0.25) is 0 Å². The van der Waals surface area contributed by atoms with E-state index in [9.17, 15) is 5.11 Å². The summed E-state index contributed by atoms with van der Waals surface area (Å²) in [6.07, 6.45) is 0. The van der Waals surface area contributed by atoms with E-state index >= 15 is 0 Å². The minimum absolute atomic E-state index is 0.371. The molecule has 90 valence electrons. The van der Waals surface area contributed by atoms with Crippen molar-refractivity contribution in [1.82, 2.24) is 10.2 Å². The first kappa shape index (κ1) is 13.0. The van der Waals surface area contributed by atoms with Crippen LogP contribution in [-0.2, 0) is 6.54 Å². The van der Waals surface area contributed by atoms with Gasteiger partial charge >= 0.3 is 0 Å². The number of nitrogens with zero attached hydrogens (tertiary/aromatic N) is 1. The average Bonchev–Trinajstić information content (AvgIpc) is 2.22. The molecule has 1 aromatic rings. The van der Waals surface area contributed by atoms with Crippen LogP contribution in [0.4, 0.5) is 0 Å². The third-order valence-corrected chi connectivity index (χ3v) is 2.87. The van der Waals surface area contributed by atoms with Gasteiger partial charge in [0.1, 0.15) is 5.75 Å². The fourth-order valence-electron chi connectivity index (χ4n) is 1.45. The van der Waals surface area contributed by atoms with Gasteiger partial charge in [0, 0.05) is 24.7 Å². The maximum atomic E-state index is 9.66. The summed E-state index contributed by atoms with van der Waals surface area (Å²) in [7, 11) is 4.13. The second-order valence-corrected chi connectivity index (χ2v) is 4.58. The Kier molecular flexibility index (Phi) is 4.77. The van der Waals surface area contributed by atoms with Gasteiger partial charge in [-0.05, 0) is 34.0 Å². The van der Waals surface area contributed by atoms with Crippen LogP contribution in [0.15, 0.2) is 18.2 Å². The van der Waals surface area contributed by atoms with E-state index < -0.39 is 0 Å².